The van der Waals surface area contributed by atoms with Crippen molar-refractivity contribution in [1.29, 1.82) is 0 Å². The number of hydrogen-bond donors (Lipinski definition) is 2. The van der Waals surface area contributed by atoms with Crippen LogP contribution in [0.1, 0.15) is 37.0 Å². The number of nitrogens with two attached hydrogens (primary N) is 1. The van der Waals surface area contributed by atoms with Crippen molar-refractivity contribution in [2.45, 2.75) is 32.7 Å². The molecule has 88 valence electrons. The first-order valence-electron chi connectivity index (χ1n) is 5.30. The molecular weight excluding hydrogens is 209 g/mol. The first-order chi connectivity index (χ1) is 7.58. The van der Waals surface area contributed by atoms with Crippen LogP contribution in [0.15, 0.2) is 12.3 Å². The number of nitrogen functional groups attached to an aromatic ring is 1. The van der Waals surface area contributed by atoms with Crippen molar-refractivity contribution in [3.05, 3.63) is 23.6 Å². The fourth-order valence-corrected chi connectivity index (χ4v) is 1.39. The van der Waals surface area contributed by atoms with E-state index < -0.39 is 5.82 Å². The van der Waals surface area contributed by atoms with Crippen LogP contribution < -0.4 is 11.1 Å². The van der Waals surface area contributed by atoms with E-state index in [1.54, 1.807) is 0 Å². The lowest BCUT2D eigenvalue weighted by Gasteiger charge is -2.15. The minimum absolute atomic E-state index is 0.0462. The highest BCUT2D eigenvalue weighted by atomic mass is 19.1. The molecule has 0 aliphatic heterocycles. The van der Waals surface area contributed by atoms with E-state index in [0.717, 1.165) is 25.1 Å². The number of carbonyl (C=O) groups excluding carboxylic acids is 1. The van der Waals surface area contributed by atoms with Gasteiger partial charge in [-0.25, -0.2) is 9.37 Å². The molecule has 0 radical (unpaired) electrons. The molecule has 1 rings (SSSR count). The number of pyridine rings is 1. The number of nitrogens with zero attached hydrogens (tertiary/aromatic N) is 1. The Kier molecular flexibility index (Phi) is 4.22. The third-order valence-corrected chi connectivity index (χ3v) is 2.45. The molecule has 0 saturated carbocycles. The van der Waals surface area contributed by atoms with Crippen LogP contribution in [0.5, 0.6) is 0 Å². The van der Waals surface area contributed by atoms with Gasteiger partial charge in [0.25, 0.3) is 5.91 Å². The van der Waals surface area contributed by atoms with Crippen molar-refractivity contribution < 1.29 is 9.18 Å². The van der Waals surface area contributed by atoms with E-state index in [0.29, 0.717) is 0 Å². The minimum atomic E-state index is -0.566. The largest absolute Gasteiger partial charge is 0.383 e. The lowest BCUT2D eigenvalue weighted by molar-refractivity contribution is 0.0935. The zero-order chi connectivity index (χ0) is 12.1. The molecule has 4 nitrogen and oxygen atoms in total. The van der Waals surface area contributed by atoms with E-state index >= 15 is 0 Å². The van der Waals surface area contributed by atoms with Gasteiger partial charge in [-0.1, -0.05) is 13.8 Å². The monoisotopic (exact) mass is 225 g/mol. The summed E-state index contributed by atoms with van der Waals surface area (Å²) in [6.07, 6.45) is 2.64. The van der Waals surface area contributed by atoms with E-state index in [1.807, 2.05) is 13.8 Å². The smallest absolute Gasteiger partial charge is 0.255 e. The number of nitrogens with one attached hydrogen (secondary N) is 1. The maximum absolute atomic E-state index is 12.9. The number of halogens is 1. The Morgan fingerprint density at radius 2 is 2.19 bits per heavy atom. The molecule has 5 heteroatoms. The second-order valence-electron chi connectivity index (χ2n) is 3.57. The fourth-order valence-electron chi connectivity index (χ4n) is 1.39. The Hall–Kier alpha value is -1.65. The second-order valence-corrected chi connectivity index (χ2v) is 3.57. The number of aromatic nitrogens is 1. The summed E-state index contributed by atoms with van der Waals surface area (Å²) >= 11 is 0. The van der Waals surface area contributed by atoms with Gasteiger partial charge >= 0.3 is 0 Å². The summed E-state index contributed by atoms with van der Waals surface area (Å²) < 4.78 is 12.9. The Bertz CT molecular complexity index is 377. The SMILES string of the molecule is CCC(CC)NC(=O)c1cc(F)cnc1N. The summed E-state index contributed by atoms with van der Waals surface area (Å²) in [4.78, 5) is 15.3. The summed E-state index contributed by atoms with van der Waals surface area (Å²) in [7, 11) is 0. The topological polar surface area (TPSA) is 68.0 Å². The Balaban J connectivity index is 2.83. The maximum Gasteiger partial charge on any atom is 0.255 e. The molecule has 0 bridgehead atoms. The molecule has 1 amide bonds. The molecule has 1 heterocycles. The van der Waals surface area contributed by atoms with Gasteiger partial charge in [0.15, 0.2) is 0 Å². The standard InChI is InChI=1S/C11H16FN3O/c1-3-8(4-2)15-11(16)9-5-7(12)6-14-10(9)13/h5-6,8H,3-4H2,1-2H3,(H2,13,14)(H,15,16). The summed E-state index contributed by atoms with van der Waals surface area (Å²) in [5.41, 5.74) is 5.60. The number of hydrogen-bond acceptors (Lipinski definition) is 3. The fraction of sp³-hybridized carbons (Fsp3) is 0.455. The third-order valence-electron chi connectivity index (χ3n) is 2.45. The summed E-state index contributed by atoms with van der Waals surface area (Å²) in [5.74, 6) is -0.896. The lowest BCUT2D eigenvalue weighted by atomic mass is 10.1. The molecule has 0 saturated heterocycles. The quantitative estimate of drug-likeness (QED) is 0.819. The number of amides is 1. The highest BCUT2D eigenvalue weighted by molar-refractivity contribution is 5.98. The molecule has 0 aliphatic carbocycles. The van der Waals surface area contributed by atoms with Crippen molar-refractivity contribution in [2.75, 3.05) is 5.73 Å². The van der Waals surface area contributed by atoms with Crippen molar-refractivity contribution in [3.63, 3.8) is 0 Å². The molecule has 0 unspecified atom stereocenters. The van der Waals surface area contributed by atoms with Crippen molar-refractivity contribution in [1.82, 2.24) is 10.3 Å². The molecule has 1 aromatic heterocycles. The predicted octanol–water partition coefficient (Wildman–Crippen LogP) is 1.72. The lowest BCUT2D eigenvalue weighted by Crippen LogP contribution is -2.34. The van der Waals surface area contributed by atoms with Crippen LogP contribution in [-0.4, -0.2) is 16.9 Å². The van der Waals surface area contributed by atoms with E-state index in [1.165, 1.54) is 0 Å². The van der Waals surface area contributed by atoms with Crippen LogP contribution in [0, 0.1) is 5.82 Å². The van der Waals surface area contributed by atoms with Gasteiger partial charge < -0.3 is 11.1 Å². The molecular formula is C11H16FN3O. The zero-order valence-electron chi connectivity index (χ0n) is 9.46. The molecule has 3 N–H and O–H groups in total. The van der Waals surface area contributed by atoms with Crippen LogP contribution >= 0.6 is 0 Å². The van der Waals surface area contributed by atoms with Crippen molar-refractivity contribution >= 4 is 11.7 Å². The first kappa shape index (κ1) is 12.4. The van der Waals surface area contributed by atoms with E-state index in [-0.39, 0.29) is 23.3 Å². The third kappa shape index (κ3) is 2.92. The zero-order valence-corrected chi connectivity index (χ0v) is 9.46. The molecule has 1 aromatic rings. The number of rotatable bonds is 4. The van der Waals surface area contributed by atoms with E-state index in [4.69, 9.17) is 5.73 Å². The Labute approximate surface area is 94.1 Å². The highest BCUT2D eigenvalue weighted by Gasteiger charge is 2.14. The molecule has 16 heavy (non-hydrogen) atoms. The summed E-state index contributed by atoms with van der Waals surface area (Å²) in [6.45, 7) is 3.95. The van der Waals surface area contributed by atoms with Gasteiger partial charge in [0, 0.05) is 6.04 Å². The van der Waals surface area contributed by atoms with Gasteiger partial charge in [-0.3, -0.25) is 4.79 Å². The number of carbonyl (C=O) groups is 1. The van der Waals surface area contributed by atoms with Gasteiger partial charge in [-0.05, 0) is 18.9 Å². The second kappa shape index (κ2) is 5.44. The average molecular weight is 225 g/mol. The molecule has 0 fully saturated rings. The molecule has 0 atom stereocenters. The predicted molar refractivity (Wildman–Crippen MR) is 60.4 cm³/mol. The van der Waals surface area contributed by atoms with Crippen LogP contribution in [0.3, 0.4) is 0 Å². The molecule has 0 aliphatic rings. The van der Waals surface area contributed by atoms with Gasteiger partial charge in [-0.15, -0.1) is 0 Å². The normalized spacial score (nSPS) is 10.5. The van der Waals surface area contributed by atoms with Crippen LogP contribution in [0.2, 0.25) is 0 Å². The molecule has 0 aromatic carbocycles. The van der Waals surface area contributed by atoms with Gasteiger partial charge in [0.1, 0.15) is 11.6 Å². The first-order valence-corrected chi connectivity index (χ1v) is 5.30. The van der Waals surface area contributed by atoms with Gasteiger partial charge in [0.2, 0.25) is 0 Å². The Morgan fingerprint density at radius 1 is 1.56 bits per heavy atom. The van der Waals surface area contributed by atoms with Crippen LogP contribution in [0.4, 0.5) is 10.2 Å². The Morgan fingerprint density at radius 3 is 2.75 bits per heavy atom. The van der Waals surface area contributed by atoms with Crippen LogP contribution in [0.25, 0.3) is 0 Å². The van der Waals surface area contributed by atoms with Gasteiger partial charge in [-0.2, -0.15) is 0 Å². The number of anilines is 1. The van der Waals surface area contributed by atoms with Gasteiger partial charge in [0.05, 0.1) is 11.8 Å². The van der Waals surface area contributed by atoms with E-state index in [2.05, 4.69) is 10.3 Å². The summed E-state index contributed by atoms with van der Waals surface area (Å²) in [5, 5.41) is 2.78. The van der Waals surface area contributed by atoms with Crippen molar-refractivity contribution in [2.24, 2.45) is 0 Å². The minimum Gasteiger partial charge on any atom is -0.383 e. The molecule has 0 spiro atoms. The van der Waals surface area contributed by atoms with Crippen molar-refractivity contribution in [3.8, 4) is 0 Å². The average Bonchev–Trinajstić information content (AvgIpc) is 2.28. The maximum atomic E-state index is 12.9. The van der Waals surface area contributed by atoms with E-state index in [9.17, 15) is 9.18 Å². The van der Waals surface area contributed by atoms with Crippen LogP contribution in [-0.2, 0) is 0 Å². The summed E-state index contributed by atoms with van der Waals surface area (Å²) in [6, 6.07) is 1.18. The highest BCUT2D eigenvalue weighted by Crippen LogP contribution is 2.10.